The van der Waals surface area contributed by atoms with Crippen LogP contribution in [-0.2, 0) is 0 Å². The summed E-state index contributed by atoms with van der Waals surface area (Å²) in [6.07, 6.45) is 5.07. The van der Waals surface area contributed by atoms with Crippen LogP contribution >= 0.6 is 0 Å². The zero-order valence-corrected chi connectivity index (χ0v) is 13.4. The number of ether oxygens (including phenoxy) is 1. The van der Waals surface area contributed by atoms with Gasteiger partial charge in [0.15, 0.2) is 5.96 Å². The van der Waals surface area contributed by atoms with E-state index in [0.29, 0.717) is 17.3 Å². The minimum absolute atomic E-state index is 0.462. The molecule has 1 saturated carbocycles. The number of aliphatic imine (C=N–C) groups is 1. The van der Waals surface area contributed by atoms with Gasteiger partial charge in [-0.05, 0) is 49.1 Å². The largest absolute Gasteiger partial charge is 0.495 e. The van der Waals surface area contributed by atoms with Gasteiger partial charge in [0, 0.05) is 6.54 Å². The molecule has 116 valence electrons. The molecule has 0 saturated heterocycles. The Morgan fingerprint density at radius 2 is 2.00 bits per heavy atom. The third kappa shape index (κ3) is 4.66. The van der Waals surface area contributed by atoms with Crippen molar-refractivity contribution in [3.63, 3.8) is 0 Å². The van der Waals surface area contributed by atoms with Gasteiger partial charge in [0.25, 0.3) is 0 Å². The Morgan fingerprint density at radius 1 is 1.33 bits per heavy atom. The molecule has 0 radical (unpaired) electrons. The Bertz CT molecular complexity index is 487. The molecule has 2 rings (SSSR count). The van der Waals surface area contributed by atoms with Crippen molar-refractivity contribution in [3.8, 4) is 5.75 Å². The summed E-state index contributed by atoms with van der Waals surface area (Å²) in [4.78, 5) is 4.49. The van der Waals surface area contributed by atoms with Crippen LogP contribution in [0.25, 0.3) is 0 Å². The number of hydrogen-bond donors (Lipinski definition) is 2. The summed E-state index contributed by atoms with van der Waals surface area (Å²) in [5.41, 5.74) is 7.34. The molecule has 0 spiro atoms. The van der Waals surface area contributed by atoms with Crippen LogP contribution in [0.1, 0.15) is 39.5 Å². The highest BCUT2D eigenvalue weighted by Crippen LogP contribution is 2.37. The fraction of sp³-hybridized carbons (Fsp3) is 0.588. The number of hydrogen-bond acceptors (Lipinski definition) is 2. The average Bonchev–Trinajstić information content (AvgIpc) is 2.47. The van der Waals surface area contributed by atoms with Crippen LogP contribution in [0.4, 0.5) is 5.69 Å². The van der Waals surface area contributed by atoms with Gasteiger partial charge in [-0.15, -0.1) is 0 Å². The van der Waals surface area contributed by atoms with E-state index >= 15 is 0 Å². The van der Waals surface area contributed by atoms with Gasteiger partial charge >= 0.3 is 0 Å². The van der Waals surface area contributed by atoms with Crippen LogP contribution in [-0.4, -0.2) is 19.6 Å². The third-order valence-electron chi connectivity index (χ3n) is 4.35. The van der Waals surface area contributed by atoms with Gasteiger partial charge in [-0.2, -0.15) is 0 Å². The zero-order valence-electron chi connectivity index (χ0n) is 13.4. The first-order valence-corrected chi connectivity index (χ1v) is 7.70. The predicted molar refractivity (Wildman–Crippen MR) is 88.8 cm³/mol. The van der Waals surface area contributed by atoms with Crippen LogP contribution in [0.2, 0.25) is 0 Å². The Balaban J connectivity index is 1.87. The summed E-state index contributed by atoms with van der Waals surface area (Å²) in [6, 6.07) is 7.71. The number of nitrogens with one attached hydrogen (secondary N) is 1. The predicted octanol–water partition coefficient (Wildman–Crippen LogP) is 3.64. The summed E-state index contributed by atoms with van der Waals surface area (Å²) < 4.78 is 5.29. The topological polar surface area (TPSA) is 59.6 Å². The Morgan fingerprint density at radius 3 is 2.67 bits per heavy atom. The number of benzene rings is 1. The first kappa shape index (κ1) is 15.7. The second kappa shape index (κ2) is 6.83. The fourth-order valence-electron chi connectivity index (χ4n) is 2.79. The quantitative estimate of drug-likeness (QED) is 0.657. The molecule has 4 nitrogen and oxygen atoms in total. The van der Waals surface area contributed by atoms with Crippen LogP contribution in [0.15, 0.2) is 29.3 Å². The maximum Gasteiger partial charge on any atom is 0.193 e. The first-order valence-electron chi connectivity index (χ1n) is 7.70. The summed E-state index contributed by atoms with van der Waals surface area (Å²) in [7, 11) is 1.65. The minimum atomic E-state index is 0.462. The van der Waals surface area contributed by atoms with Crippen molar-refractivity contribution in [1.82, 2.24) is 0 Å². The molecule has 21 heavy (non-hydrogen) atoms. The monoisotopic (exact) mass is 289 g/mol. The molecule has 0 unspecified atom stereocenters. The molecule has 0 atom stereocenters. The number of nitrogens with two attached hydrogens (primary N) is 1. The molecule has 0 aliphatic heterocycles. The van der Waals surface area contributed by atoms with E-state index < -0.39 is 0 Å². The van der Waals surface area contributed by atoms with Crippen molar-refractivity contribution in [2.75, 3.05) is 19.0 Å². The first-order chi connectivity index (χ1) is 10.00. The fourth-order valence-corrected chi connectivity index (χ4v) is 2.79. The van der Waals surface area contributed by atoms with E-state index in [2.05, 4.69) is 24.2 Å². The minimum Gasteiger partial charge on any atom is -0.495 e. The van der Waals surface area contributed by atoms with Crippen LogP contribution in [0, 0.1) is 11.3 Å². The van der Waals surface area contributed by atoms with E-state index in [1.807, 2.05) is 24.3 Å². The molecule has 0 bridgehead atoms. The Kier molecular flexibility index (Phi) is 5.10. The van der Waals surface area contributed by atoms with Gasteiger partial charge in [0.1, 0.15) is 5.75 Å². The van der Waals surface area contributed by atoms with Crippen molar-refractivity contribution >= 4 is 11.6 Å². The maximum atomic E-state index is 5.98. The number of anilines is 1. The van der Waals surface area contributed by atoms with E-state index in [0.717, 1.165) is 18.0 Å². The zero-order chi connectivity index (χ0) is 15.3. The molecule has 1 fully saturated rings. The molecule has 3 N–H and O–H groups in total. The summed E-state index contributed by atoms with van der Waals surface area (Å²) >= 11 is 0. The maximum absolute atomic E-state index is 5.98. The Hall–Kier alpha value is -1.71. The van der Waals surface area contributed by atoms with Gasteiger partial charge in [0.2, 0.25) is 0 Å². The lowest BCUT2D eigenvalue weighted by Gasteiger charge is -2.33. The van der Waals surface area contributed by atoms with Crippen molar-refractivity contribution in [2.24, 2.45) is 22.1 Å². The van der Waals surface area contributed by atoms with Gasteiger partial charge in [-0.25, -0.2) is 0 Å². The standard InChI is InChI=1S/C17H27N3O/c1-17(2)10-8-13(9-11-17)12-19-16(18)20-14-6-4-5-7-15(14)21-3/h4-7,13H,8-12H2,1-3H3,(H3,18,19,20). The van der Waals surface area contributed by atoms with E-state index in [1.165, 1.54) is 25.7 Å². The van der Waals surface area contributed by atoms with Crippen molar-refractivity contribution in [1.29, 1.82) is 0 Å². The summed E-state index contributed by atoms with van der Waals surface area (Å²) in [6.45, 7) is 5.51. The lowest BCUT2D eigenvalue weighted by atomic mass is 9.73. The molecule has 4 heteroatoms. The molecular formula is C17H27N3O. The summed E-state index contributed by atoms with van der Waals surface area (Å²) in [5, 5.41) is 3.12. The van der Waals surface area contributed by atoms with Crippen molar-refractivity contribution in [2.45, 2.75) is 39.5 Å². The SMILES string of the molecule is COc1ccccc1NC(N)=NCC1CCC(C)(C)CC1. The van der Waals surface area contributed by atoms with E-state index in [-0.39, 0.29) is 0 Å². The second-order valence-electron chi connectivity index (χ2n) is 6.66. The highest BCUT2D eigenvalue weighted by molar-refractivity contribution is 5.93. The van der Waals surface area contributed by atoms with Crippen molar-refractivity contribution < 1.29 is 4.74 Å². The molecule has 0 aromatic heterocycles. The van der Waals surface area contributed by atoms with Crippen molar-refractivity contribution in [3.05, 3.63) is 24.3 Å². The number of para-hydroxylation sites is 2. The average molecular weight is 289 g/mol. The van der Waals surface area contributed by atoms with Gasteiger partial charge in [-0.1, -0.05) is 26.0 Å². The molecule has 1 aliphatic rings. The lowest BCUT2D eigenvalue weighted by molar-refractivity contribution is 0.195. The molecule has 1 aromatic rings. The molecule has 1 aromatic carbocycles. The number of rotatable bonds is 4. The second-order valence-corrected chi connectivity index (χ2v) is 6.66. The molecule has 0 amide bonds. The normalized spacial score (nSPS) is 19.3. The summed E-state index contributed by atoms with van der Waals surface area (Å²) in [5.74, 6) is 1.90. The number of methoxy groups -OCH3 is 1. The van der Waals surface area contributed by atoms with Crippen LogP contribution in [0.3, 0.4) is 0 Å². The Labute approximate surface area is 127 Å². The molecule has 0 heterocycles. The van der Waals surface area contributed by atoms with E-state index in [9.17, 15) is 0 Å². The van der Waals surface area contributed by atoms with E-state index in [1.54, 1.807) is 7.11 Å². The molecule has 1 aliphatic carbocycles. The number of guanidine groups is 1. The van der Waals surface area contributed by atoms with E-state index in [4.69, 9.17) is 10.5 Å². The van der Waals surface area contributed by atoms with Gasteiger partial charge < -0.3 is 15.8 Å². The van der Waals surface area contributed by atoms with Crippen LogP contribution in [0.5, 0.6) is 5.75 Å². The van der Waals surface area contributed by atoms with Gasteiger partial charge in [-0.3, -0.25) is 4.99 Å². The lowest BCUT2D eigenvalue weighted by Crippen LogP contribution is -2.26. The van der Waals surface area contributed by atoms with Crippen LogP contribution < -0.4 is 15.8 Å². The highest BCUT2D eigenvalue weighted by atomic mass is 16.5. The molecular weight excluding hydrogens is 262 g/mol. The third-order valence-corrected chi connectivity index (χ3v) is 4.35. The number of nitrogens with zero attached hydrogens (tertiary/aromatic N) is 1. The smallest absolute Gasteiger partial charge is 0.193 e. The van der Waals surface area contributed by atoms with Gasteiger partial charge in [0.05, 0.1) is 12.8 Å². The highest BCUT2D eigenvalue weighted by Gasteiger charge is 2.26.